The summed E-state index contributed by atoms with van der Waals surface area (Å²) in [5.41, 5.74) is 7.97. The van der Waals surface area contributed by atoms with E-state index < -0.39 is 17.7 Å². The second-order valence-electron chi connectivity index (χ2n) is 8.92. The highest BCUT2D eigenvalue weighted by Crippen LogP contribution is 2.33. The van der Waals surface area contributed by atoms with Crippen molar-refractivity contribution in [3.8, 4) is 17.3 Å². The van der Waals surface area contributed by atoms with Gasteiger partial charge in [-0.15, -0.1) is 10.2 Å². The van der Waals surface area contributed by atoms with Crippen molar-refractivity contribution in [3.05, 3.63) is 118 Å². The number of methoxy groups -OCH3 is 1. The standard InChI is InChI=1S/C27H25N9O3.C2H4O2/c1-38-22-15-18(9-12-21(22)39-16-20-5-2-3-13-30-20)24(32-19-10-7-17(8-11-19)25(28)29)26-33-27(37)36(35-26)23-6-4-14-31-34-23;1-2(3)4/h2-15,24,32H,16H2,1H3,(H3,28,29)(H,33,35,37);1H3,(H,3,4)/t24-;/m0./s1. The molecule has 0 aliphatic rings. The number of carboxylic acid groups (broad SMARTS) is 1. The van der Waals surface area contributed by atoms with Crippen LogP contribution in [0.25, 0.3) is 5.82 Å². The molecule has 2 aromatic carbocycles. The zero-order valence-corrected chi connectivity index (χ0v) is 23.3. The topological polar surface area (TPSA) is 207 Å². The molecular formula is C29H29N9O5. The Hall–Kier alpha value is -6.05. The van der Waals surface area contributed by atoms with E-state index in [1.807, 2.05) is 30.3 Å². The highest BCUT2D eigenvalue weighted by molar-refractivity contribution is 5.95. The van der Waals surface area contributed by atoms with E-state index in [9.17, 15) is 4.79 Å². The first-order chi connectivity index (χ1) is 20.7. The van der Waals surface area contributed by atoms with E-state index in [0.717, 1.165) is 22.9 Å². The number of nitrogens with zero attached hydrogens (tertiary/aromatic N) is 5. The number of benzene rings is 2. The third-order valence-corrected chi connectivity index (χ3v) is 5.81. The predicted octanol–water partition coefficient (Wildman–Crippen LogP) is 2.91. The molecule has 0 aliphatic carbocycles. The summed E-state index contributed by atoms with van der Waals surface area (Å²) in [6, 6.07) is 20.8. The Morgan fingerprint density at radius 3 is 2.49 bits per heavy atom. The van der Waals surface area contributed by atoms with Crippen LogP contribution in [0, 0.1) is 5.41 Å². The number of pyridine rings is 1. The highest BCUT2D eigenvalue weighted by atomic mass is 16.5. The molecule has 0 radical (unpaired) electrons. The smallest absolute Gasteiger partial charge is 0.349 e. The maximum Gasteiger partial charge on any atom is 0.349 e. The molecule has 3 heterocycles. The van der Waals surface area contributed by atoms with E-state index in [1.54, 1.807) is 55.8 Å². The lowest BCUT2D eigenvalue weighted by Crippen LogP contribution is -2.17. The van der Waals surface area contributed by atoms with Crippen molar-refractivity contribution in [1.29, 1.82) is 5.41 Å². The van der Waals surface area contributed by atoms with Crippen LogP contribution < -0.4 is 26.2 Å². The first-order valence-corrected chi connectivity index (χ1v) is 12.8. The van der Waals surface area contributed by atoms with Gasteiger partial charge in [0, 0.05) is 30.6 Å². The number of nitrogen functional groups attached to an aromatic ring is 1. The number of H-pyrrole nitrogens is 1. The molecule has 14 nitrogen and oxygen atoms in total. The number of hydrogen-bond donors (Lipinski definition) is 5. The fourth-order valence-corrected chi connectivity index (χ4v) is 3.87. The van der Waals surface area contributed by atoms with Crippen LogP contribution in [-0.2, 0) is 11.4 Å². The number of carboxylic acids is 1. The van der Waals surface area contributed by atoms with Gasteiger partial charge in [-0.1, -0.05) is 12.1 Å². The number of aliphatic carboxylic acids is 1. The number of ether oxygens (including phenoxy) is 2. The lowest BCUT2D eigenvalue weighted by Gasteiger charge is -2.20. The molecule has 5 aromatic rings. The fraction of sp³-hybridized carbons (Fsp3) is 0.138. The van der Waals surface area contributed by atoms with Crippen LogP contribution in [-0.4, -0.2) is 54.0 Å². The molecule has 1 atom stereocenters. The number of amidine groups is 1. The van der Waals surface area contributed by atoms with Gasteiger partial charge in [0.25, 0.3) is 5.97 Å². The Morgan fingerprint density at radius 1 is 1.09 bits per heavy atom. The Morgan fingerprint density at radius 2 is 1.86 bits per heavy atom. The summed E-state index contributed by atoms with van der Waals surface area (Å²) in [4.78, 5) is 28.9. The molecule has 0 unspecified atom stereocenters. The second-order valence-corrected chi connectivity index (χ2v) is 8.92. The molecule has 0 saturated carbocycles. The summed E-state index contributed by atoms with van der Waals surface area (Å²) in [6.07, 6.45) is 3.22. The van der Waals surface area contributed by atoms with Gasteiger partial charge in [0.15, 0.2) is 23.1 Å². The molecule has 0 fully saturated rings. The van der Waals surface area contributed by atoms with Crippen molar-refractivity contribution < 1.29 is 19.4 Å². The van der Waals surface area contributed by atoms with Gasteiger partial charge < -0.3 is 25.6 Å². The first-order valence-electron chi connectivity index (χ1n) is 12.8. The third kappa shape index (κ3) is 8.00. The Bertz CT molecular complexity index is 1720. The number of aromatic amines is 1. The normalized spacial score (nSPS) is 11.0. The van der Waals surface area contributed by atoms with Crippen LogP contribution in [0.5, 0.6) is 11.5 Å². The number of hydrogen-bond acceptors (Lipinski definition) is 10. The van der Waals surface area contributed by atoms with Crippen molar-refractivity contribution in [3.63, 3.8) is 0 Å². The van der Waals surface area contributed by atoms with Crippen LogP contribution in [0.4, 0.5) is 5.69 Å². The number of aromatic nitrogens is 6. The molecule has 220 valence electrons. The average molecular weight is 584 g/mol. The highest BCUT2D eigenvalue weighted by Gasteiger charge is 2.22. The molecule has 0 saturated heterocycles. The number of anilines is 1. The Kier molecular flexibility index (Phi) is 9.76. The molecule has 0 amide bonds. The number of carbonyl (C=O) groups is 1. The maximum absolute atomic E-state index is 12.8. The first kappa shape index (κ1) is 29.9. The van der Waals surface area contributed by atoms with E-state index >= 15 is 0 Å². The minimum atomic E-state index is -0.833. The predicted molar refractivity (Wildman–Crippen MR) is 158 cm³/mol. The summed E-state index contributed by atoms with van der Waals surface area (Å²) < 4.78 is 12.7. The maximum atomic E-state index is 12.8. The Balaban J connectivity index is 0.000000996. The minimum Gasteiger partial charge on any atom is -0.493 e. The molecular weight excluding hydrogens is 554 g/mol. The molecule has 0 spiro atoms. The van der Waals surface area contributed by atoms with E-state index in [2.05, 4.69) is 30.6 Å². The van der Waals surface area contributed by atoms with Gasteiger partial charge in [-0.25, -0.2) is 4.79 Å². The molecule has 0 bridgehead atoms. The number of rotatable bonds is 10. The van der Waals surface area contributed by atoms with Gasteiger partial charge in [0.2, 0.25) is 0 Å². The summed E-state index contributed by atoms with van der Waals surface area (Å²) in [5.74, 6) is 0.792. The average Bonchev–Trinajstić information content (AvgIpc) is 3.40. The van der Waals surface area contributed by atoms with Crippen molar-refractivity contribution in [2.75, 3.05) is 12.4 Å². The van der Waals surface area contributed by atoms with Crippen molar-refractivity contribution in [2.24, 2.45) is 5.73 Å². The van der Waals surface area contributed by atoms with Crippen LogP contribution in [0.3, 0.4) is 0 Å². The summed E-state index contributed by atoms with van der Waals surface area (Å²) >= 11 is 0. The SMILES string of the molecule is CC(=O)O.COc1cc([C@H](Nc2ccc(C(=N)N)cc2)c2nn(-c3cccnn3)c(=O)[nH]2)ccc1OCc1ccccn1. The van der Waals surface area contributed by atoms with E-state index in [-0.39, 0.29) is 18.3 Å². The largest absolute Gasteiger partial charge is 0.493 e. The molecule has 5 rings (SSSR count). The van der Waals surface area contributed by atoms with Gasteiger partial charge in [-0.05, 0) is 66.2 Å². The summed E-state index contributed by atoms with van der Waals surface area (Å²) in [6.45, 7) is 1.36. The lowest BCUT2D eigenvalue weighted by atomic mass is 10.0. The van der Waals surface area contributed by atoms with Crippen molar-refractivity contribution in [1.82, 2.24) is 29.9 Å². The minimum absolute atomic E-state index is 0.0313. The van der Waals surface area contributed by atoms with Crippen LogP contribution >= 0.6 is 0 Å². The molecule has 43 heavy (non-hydrogen) atoms. The van der Waals surface area contributed by atoms with E-state index in [4.69, 9.17) is 30.5 Å². The zero-order valence-electron chi connectivity index (χ0n) is 23.3. The summed E-state index contributed by atoms with van der Waals surface area (Å²) in [5, 5.41) is 30.8. The van der Waals surface area contributed by atoms with Gasteiger partial charge in [0.05, 0.1) is 12.8 Å². The lowest BCUT2D eigenvalue weighted by molar-refractivity contribution is -0.134. The molecule has 0 aliphatic heterocycles. The van der Waals surface area contributed by atoms with Crippen molar-refractivity contribution >= 4 is 17.5 Å². The van der Waals surface area contributed by atoms with E-state index in [0.29, 0.717) is 28.6 Å². The number of nitrogens with two attached hydrogens (primary N) is 1. The van der Waals surface area contributed by atoms with Gasteiger partial charge >= 0.3 is 5.69 Å². The molecule has 3 aromatic heterocycles. The fourth-order valence-electron chi connectivity index (χ4n) is 3.87. The van der Waals surface area contributed by atoms with Gasteiger partial charge in [0.1, 0.15) is 18.5 Å². The van der Waals surface area contributed by atoms with E-state index in [1.165, 1.54) is 6.20 Å². The molecule has 14 heteroatoms. The quantitative estimate of drug-likeness (QED) is 0.119. The second kappa shape index (κ2) is 14.0. The van der Waals surface area contributed by atoms with Crippen LogP contribution in [0.15, 0.2) is 90.0 Å². The molecule has 6 N–H and O–H groups in total. The van der Waals surface area contributed by atoms with Crippen molar-refractivity contribution in [2.45, 2.75) is 19.6 Å². The van der Waals surface area contributed by atoms with Crippen LogP contribution in [0.2, 0.25) is 0 Å². The Labute approximate surface area is 245 Å². The van der Waals surface area contributed by atoms with Gasteiger partial charge in [-0.2, -0.15) is 9.78 Å². The third-order valence-electron chi connectivity index (χ3n) is 5.81. The zero-order chi connectivity index (χ0) is 30.8. The van der Waals surface area contributed by atoms with Gasteiger partial charge in [-0.3, -0.25) is 20.2 Å². The number of nitrogens with one attached hydrogen (secondary N) is 3. The van der Waals surface area contributed by atoms with Crippen LogP contribution in [0.1, 0.15) is 35.6 Å². The monoisotopic (exact) mass is 583 g/mol. The summed E-state index contributed by atoms with van der Waals surface area (Å²) in [7, 11) is 1.56.